The Bertz CT molecular complexity index is 839. The Kier molecular flexibility index (Phi) is 4.92. The predicted molar refractivity (Wildman–Crippen MR) is 112 cm³/mol. The summed E-state index contributed by atoms with van der Waals surface area (Å²) in [5.74, 6) is 0.229. The predicted octanol–water partition coefficient (Wildman–Crippen LogP) is 3.40. The average Bonchev–Trinajstić information content (AvgIpc) is 3.00. The number of carbonyl (C=O) groups excluding carboxylic acids is 1. The van der Waals surface area contributed by atoms with Gasteiger partial charge in [0.25, 0.3) is 0 Å². The molecule has 142 valence electrons. The van der Waals surface area contributed by atoms with E-state index < -0.39 is 0 Å². The van der Waals surface area contributed by atoms with Gasteiger partial charge in [0.1, 0.15) is 0 Å². The molecule has 0 radical (unpaired) electrons. The number of para-hydroxylation sites is 1. The maximum absolute atomic E-state index is 13.0. The van der Waals surface area contributed by atoms with Crippen LogP contribution >= 0.6 is 0 Å². The summed E-state index contributed by atoms with van der Waals surface area (Å²) in [7, 11) is 0. The van der Waals surface area contributed by atoms with Gasteiger partial charge in [-0.1, -0.05) is 30.3 Å². The highest BCUT2D eigenvalue weighted by molar-refractivity contribution is 5.97. The molecule has 1 fully saturated rings. The van der Waals surface area contributed by atoms with E-state index in [4.69, 9.17) is 0 Å². The first kappa shape index (κ1) is 18.1. The number of aryl methyl sites for hydroxylation is 1. The second-order valence-electron chi connectivity index (χ2n) is 7.93. The minimum atomic E-state index is 0.229. The minimum absolute atomic E-state index is 0.229. The monoisotopic (exact) mass is 363 g/mol. The number of hydrogen-bond acceptors (Lipinski definition) is 3. The zero-order chi connectivity index (χ0) is 19.0. The third-order valence-corrected chi connectivity index (χ3v) is 6.12. The Hall–Kier alpha value is -2.33. The van der Waals surface area contributed by atoms with Crippen LogP contribution in [0.15, 0.2) is 42.5 Å². The molecule has 1 atom stereocenters. The molecule has 0 bridgehead atoms. The van der Waals surface area contributed by atoms with Crippen molar-refractivity contribution in [1.29, 1.82) is 0 Å². The quantitative estimate of drug-likeness (QED) is 0.836. The van der Waals surface area contributed by atoms with Gasteiger partial charge in [-0.15, -0.1) is 0 Å². The van der Waals surface area contributed by atoms with Crippen molar-refractivity contribution in [3.63, 3.8) is 0 Å². The largest absolute Gasteiger partial charge is 0.369 e. The Morgan fingerprint density at radius 2 is 1.67 bits per heavy atom. The first-order valence-electron chi connectivity index (χ1n) is 9.98. The Labute approximate surface area is 162 Å². The summed E-state index contributed by atoms with van der Waals surface area (Å²) in [5, 5.41) is 0. The number of nitrogens with zero attached hydrogens (tertiary/aromatic N) is 3. The Morgan fingerprint density at radius 3 is 2.44 bits per heavy atom. The standard InChI is InChI=1S/C23H29N3O/c1-17-7-6-10-21(19(17)3)25-13-11-24(12-14-25)16-23(27)26-18(2)15-20-8-4-5-9-22(20)26/h4-10,18H,11-16H2,1-3H3. The van der Waals surface area contributed by atoms with E-state index in [0.29, 0.717) is 6.54 Å². The van der Waals surface area contributed by atoms with E-state index in [1.54, 1.807) is 0 Å². The van der Waals surface area contributed by atoms with Gasteiger partial charge in [0.2, 0.25) is 5.91 Å². The third-order valence-electron chi connectivity index (χ3n) is 6.12. The summed E-state index contributed by atoms with van der Waals surface area (Å²) in [6, 6.07) is 15.1. The lowest BCUT2D eigenvalue weighted by molar-refractivity contribution is -0.120. The van der Waals surface area contributed by atoms with Crippen LogP contribution < -0.4 is 9.80 Å². The first-order valence-corrected chi connectivity index (χ1v) is 9.98. The molecule has 1 saturated heterocycles. The second-order valence-corrected chi connectivity index (χ2v) is 7.93. The summed E-state index contributed by atoms with van der Waals surface area (Å²) in [6.07, 6.45) is 0.961. The summed E-state index contributed by atoms with van der Waals surface area (Å²) in [4.78, 5) is 19.8. The zero-order valence-corrected chi connectivity index (χ0v) is 16.6. The van der Waals surface area contributed by atoms with Crippen LogP contribution in [0.3, 0.4) is 0 Å². The molecule has 2 aliphatic rings. The van der Waals surface area contributed by atoms with Gasteiger partial charge in [-0.05, 0) is 56.0 Å². The van der Waals surface area contributed by atoms with Crippen LogP contribution in [-0.2, 0) is 11.2 Å². The van der Waals surface area contributed by atoms with E-state index in [2.05, 4.69) is 67.0 Å². The highest BCUT2D eigenvalue weighted by Crippen LogP contribution is 2.32. The van der Waals surface area contributed by atoms with Crippen LogP contribution in [0.4, 0.5) is 11.4 Å². The minimum Gasteiger partial charge on any atom is -0.369 e. The smallest absolute Gasteiger partial charge is 0.241 e. The highest BCUT2D eigenvalue weighted by atomic mass is 16.2. The topological polar surface area (TPSA) is 26.8 Å². The number of rotatable bonds is 3. The molecule has 27 heavy (non-hydrogen) atoms. The molecular formula is C23H29N3O. The zero-order valence-electron chi connectivity index (χ0n) is 16.6. The van der Waals surface area contributed by atoms with Crippen molar-refractivity contribution in [2.24, 2.45) is 0 Å². The normalized spacial score (nSPS) is 20.0. The van der Waals surface area contributed by atoms with Crippen molar-refractivity contribution in [2.75, 3.05) is 42.5 Å². The fourth-order valence-corrected chi connectivity index (χ4v) is 4.44. The summed E-state index contributed by atoms with van der Waals surface area (Å²) < 4.78 is 0. The van der Waals surface area contributed by atoms with Gasteiger partial charge in [0, 0.05) is 43.6 Å². The number of benzene rings is 2. The van der Waals surface area contributed by atoms with Crippen molar-refractivity contribution in [2.45, 2.75) is 33.2 Å². The maximum atomic E-state index is 13.0. The van der Waals surface area contributed by atoms with Crippen LogP contribution in [0.2, 0.25) is 0 Å². The van der Waals surface area contributed by atoms with E-state index in [-0.39, 0.29) is 11.9 Å². The van der Waals surface area contributed by atoms with Crippen molar-refractivity contribution in [3.05, 3.63) is 59.2 Å². The molecule has 2 aromatic carbocycles. The molecule has 4 rings (SSSR count). The second kappa shape index (κ2) is 7.35. The lowest BCUT2D eigenvalue weighted by atomic mass is 10.1. The molecule has 0 saturated carbocycles. The van der Waals surface area contributed by atoms with Gasteiger partial charge in [-0.25, -0.2) is 0 Å². The van der Waals surface area contributed by atoms with Gasteiger partial charge in [0.15, 0.2) is 0 Å². The lowest BCUT2D eigenvalue weighted by Gasteiger charge is -2.37. The highest BCUT2D eigenvalue weighted by Gasteiger charge is 2.31. The summed E-state index contributed by atoms with van der Waals surface area (Å²) in [5.41, 5.74) is 6.43. The number of piperazine rings is 1. The Morgan fingerprint density at radius 1 is 0.963 bits per heavy atom. The van der Waals surface area contributed by atoms with Crippen LogP contribution in [0.1, 0.15) is 23.6 Å². The molecule has 4 nitrogen and oxygen atoms in total. The molecule has 2 aliphatic heterocycles. The average molecular weight is 364 g/mol. The van der Waals surface area contributed by atoms with Crippen molar-refractivity contribution >= 4 is 17.3 Å². The number of amides is 1. The Balaban J connectivity index is 1.38. The van der Waals surface area contributed by atoms with Crippen molar-refractivity contribution in [3.8, 4) is 0 Å². The molecule has 2 aromatic rings. The molecular weight excluding hydrogens is 334 g/mol. The molecule has 0 spiro atoms. The maximum Gasteiger partial charge on any atom is 0.241 e. The van der Waals surface area contributed by atoms with Crippen LogP contribution in [0, 0.1) is 13.8 Å². The lowest BCUT2D eigenvalue weighted by Crippen LogP contribution is -2.51. The number of fused-ring (bicyclic) bond motifs is 1. The van der Waals surface area contributed by atoms with Crippen LogP contribution in [0.25, 0.3) is 0 Å². The third kappa shape index (κ3) is 3.46. The molecule has 4 heteroatoms. The molecule has 1 amide bonds. The molecule has 0 N–H and O–H groups in total. The van der Waals surface area contributed by atoms with Crippen molar-refractivity contribution in [1.82, 2.24) is 4.90 Å². The van der Waals surface area contributed by atoms with E-state index in [0.717, 1.165) is 38.3 Å². The van der Waals surface area contributed by atoms with Gasteiger partial charge in [-0.2, -0.15) is 0 Å². The SMILES string of the molecule is Cc1cccc(N2CCN(CC(=O)N3c4ccccc4CC3C)CC2)c1C. The van der Waals surface area contributed by atoms with Gasteiger partial charge < -0.3 is 9.80 Å². The molecule has 2 heterocycles. The number of carbonyl (C=O) groups is 1. The van der Waals surface area contributed by atoms with Crippen LogP contribution in [0.5, 0.6) is 0 Å². The molecule has 0 aromatic heterocycles. The van der Waals surface area contributed by atoms with E-state index in [1.165, 1.54) is 22.4 Å². The number of hydrogen-bond donors (Lipinski definition) is 0. The van der Waals surface area contributed by atoms with Crippen LogP contribution in [-0.4, -0.2) is 49.6 Å². The van der Waals surface area contributed by atoms with Gasteiger partial charge in [-0.3, -0.25) is 9.69 Å². The van der Waals surface area contributed by atoms with E-state index >= 15 is 0 Å². The number of anilines is 2. The van der Waals surface area contributed by atoms with Crippen molar-refractivity contribution < 1.29 is 4.79 Å². The van der Waals surface area contributed by atoms with Gasteiger partial charge in [0.05, 0.1) is 6.54 Å². The summed E-state index contributed by atoms with van der Waals surface area (Å²) >= 11 is 0. The fraction of sp³-hybridized carbons (Fsp3) is 0.435. The van der Waals surface area contributed by atoms with E-state index in [9.17, 15) is 4.79 Å². The first-order chi connectivity index (χ1) is 13.0. The van der Waals surface area contributed by atoms with E-state index in [1.807, 2.05) is 11.0 Å². The summed E-state index contributed by atoms with van der Waals surface area (Å²) in [6.45, 7) is 10.9. The van der Waals surface area contributed by atoms with Gasteiger partial charge >= 0.3 is 0 Å². The molecule has 0 aliphatic carbocycles. The fourth-order valence-electron chi connectivity index (χ4n) is 4.44. The molecule has 1 unspecified atom stereocenters.